The summed E-state index contributed by atoms with van der Waals surface area (Å²) in [6.45, 7) is 11.8. The summed E-state index contributed by atoms with van der Waals surface area (Å²) in [7, 11) is 0. The maximum absolute atomic E-state index is 12.8. The van der Waals surface area contributed by atoms with E-state index in [1.807, 2.05) is 0 Å². The number of piperazine rings is 1. The molecule has 29 heavy (non-hydrogen) atoms. The minimum atomic E-state index is 0.0440. The van der Waals surface area contributed by atoms with Crippen LogP contribution in [0, 0.1) is 23.2 Å². The number of benzene rings is 1. The summed E-state index contributed by atoms with van der Waals surface area (Å²) in [6.07, 6.45) is 5.92. The lowest BCUT2D eigenvalue weighted by Gasteiger charge is -2.50. The molecule has 0 N–H and O–H groups in total. The Morgan fingerprint density at radius 1 is 1.17 bits per heavy atom. The highest BCUT2D eigenvalue weighted by Gasteiger charge is 2.55. The molecular weight excluding hydrogens is 360 g/mol. The molecule has 2 heterocycles. The molecule has 0 spiro atoms. The Labute approximate surface area is 174 Å². The predicted octanol–water partition coefficient (Wildman–Crippen LogP) is 4.12. The summed E-state index contributed by atoms with van der Waals surface area (Å²) in [4.78, 5) is 17.7. The summed E-state index contributed by atoms with van der Waals surface area (Å²) in [5, 5.41) is 0. The molecule has 2 aliphatic heterocycles. The summed E-state index contributed by atoms with van der Waals surface area (Å²) >= 11 is 0. The number of rotatable bonds is 3. The van der Waals surface area contributed by atoms with Crippen molar-refractivity contribution in [3.05, 3.63) is 42.5 Å². The molecule has 5 rings (SSSR count). The van der Waals surface area contributed by atoms with E-state index in [0.29, 0.717) is 11.8 Å². The fourth-order valence-electron chi connectivity index (χ4n) is 6.57. The Hall–Kier alpha value is -1.81. The van der Waals surface area contributed by atoms with Gasteiger partial charge >= 0.3 is 5.97 Å². The van der Waals surface area contributed by atoms with Crippen LogP contribution in [0.25, 0.3) is 0 Å². The van der Waals surface area contributed by atoms with Crippen LogP contribution in [0.4, 0.5) is 5.69 Å². The molecule has 0 amide bonds. The second kappa shape index (κ2) is 7.46. The largest absolute Gasteiger partial charge is 0.462 e. The van der Waals surface area contributed by atoms with Crippen LogP contribution in [0.3, 0.4) is 0 Å². The SMILES string of the molecule is C=C1CCC[C@@]2(C)C[C@H]3OC(=O)[C@@H](CN4CCN(c5ccccc5)CC4)[C@@H]3C[C@H]12. The summed E-state index contributed by atoms with van der Waals surface area (Å²) in [6, 6.07) is 10.6. The molecule has 0 bridgehead atoms. The van der Waals surface area contributed by atoms with Gasteiger partial charge in [-0.05, 0) is 55.6 Å². The Kier molecular flexibility index (Phi) is 4.93. The Morgan fingerprint density at radius 3 is 2.69 bits per heavy atom. The lowest BCUT2D eigenvalue weighted by atomic mass is 9.55. The van der Waals surface area contributed by atoms with Crippen LogP contribution in [0.1, 0.15) is 39.0 Å². The monoisotopic (exact) mass is 394 g/mol. The highest BCUT2D eigenvalue weighted by atomic mass is 16.6. The maximum atomic E-state index is 12.8. The topological polar surface area (TPSA) is 32.8 Å². The van der Waals surface area contributed by atoms with E-state index in [0.717, 1.165) is 45.6 Å². The van der Waals surface area contributed by atoms with Gasteiger partial charge < -0.3 is 9.64 Å². The number of esters is 1. The summed E-state index contributed by atoms with van der Waals surface area (Å²) in [5.74, 6) is 1.05. The smallest absolute Gasteiger partial charge is 0.310 e. The van der Waals surface area contributed by atoms with Crippen molar-refractivity contribution in [2.45, 2.75) is 45.1 Å². The van der Waals surface area contributed by atoms with E-state index in [-0.39, 0.29) is 23.4 Å². The van der Waals surface area contributed by atoms with Gasteiger partial charge in [0.2, 0.25) is 0 Å². The average molecular weight is 395 g/mol. The van der Waals surface area contributed by atoms with Gasteiger partial charge in [0.05, 0.1) is 5.92 Å². The Morgan fingerprint density at radius 2 is 1.93 bits per heavy atom. The lowest BCUT2D eigenvalue weighted by molar-refractivity contribution is -0.146. The van der Waals surface area contributed by atoms with Crippen molar-refractivity contribution in [3.8, 4) is 0 Å². The number of ether oxygens (including phenoxy) is 1. The number of hydrogen-bond donors (Lipinski definition) is 0. The molecule has 4 fully saturated rings. The van der Waals surface area contributed by atoms with E-state index < -0.39 is 0 Å². The van der Waals surface area contributed by atoms with E-state index in [9.17, 15) is 4.79 Å². The van der Waals surface area contributed by atoms with Crippen LogP contribution in [-0.4, -0.2) is 49.7 Å². The van der Waals surface area contributed by atoms with Crippen molar-refractivity contribution in [1.82, 2.24) is 4.90 Å². The van der Waals surface area contributed by atoms with Crippen molar-refractivity contribution in [1.29, 1.82) is 0 Å². The first-order chi connectivity index (χ1) is 14.0. The number of hydrogen-bond acceptors (Lipinski definition) is 4. The minimum absolute atomic E-state index is 0.0440. The van der Waals surface area contributed by atoms with Crippen molar-refractivity contribution in [2.24, 2.45) is 23.2 Å². The first-order valence-corrected chi connectivity index (χ1v) is 11.4. The van der Waals surface area contributed by atoms with Crippen LogP contribution >= 0.6 is 0 Å². The third kappa shape index (κ3) is 3.50. The Bertz CT molecular complexity index is 770. The first-order valence-electron chi connectivity index (χ1n) is 11.4. The quantitative estimate of drug-likeness (QED) is 0.570. The highest BCUT2D eigenvalue weighted by Crippen LogP contribution is 2.56. The van der Waals surface area contributed by atoms with Gasteiger partial charge in [-0.15, -0.1) is 0 Å². The van der Waals surface area contributed by atoms with E-state index in [1.54, 1.807) is 0 Å². The molecule has 1 aromatic rings. The zero-order valence-electron chi connectivity index (χ0n) is 17.7. The number of nitrogens with zero attached hydrogens (tertiary/aromatic N) is 2. The van der Waals surface area contributed by atoms with E-state index in [2.05, 4.69) is 53.6 Å². The molecule has 2 aliphatic carbocycles. The molecule has 4 aliphatic rings. The van der Waals surface area contributed by atoms with E-state index >= 15 is 0 Å². The standard InChI is InChI=1S/C25H34N2O2/c1-18-7-6-10-25(2)16-23-20(15-22(18)25)21(24(28)29-23)17-26-11-13-27(14-12-26)19-8-4-3-5-9-19/h3-5,8-9,20-23H,1,6-7,10-17H2,2H3/t20-,21-,22+,23+,25-/m0/s1. The molecule has 156 valence electrons. The van der Waals surface area contributed by atoms with Crippen molar-refractivity contribution >= 4 is 11.7 Å². The van der Waals surface area contributed by atoms with Crippen molar-refractivity contribution in [2.75, 3.05) is 37.6 Å². The number of carbonyl (C=O) groups is 1. The molecule has 0 aromatic heterocycles. The third-order valence-electron chi connectivity index (χ3n) is 8.27. The van der Waals surface area contributed by atoms with Gasteiger partial charge in [-0.1, -0.05) is 37.3 Å². The molecule has 0 radical (unpaired) electrons. The first kappa shape index (κ1) is 19.2. The second-order valence-corrected chi connectivity index (χ2v) is 10.0. The lowest BCUT2D eigenvalue weighted by Crippen LogP contribution is -2.50. The highest BCUT2D eigenvalue weighted by molar-refractivity contribution is 5.75. The predicted molar refractivity (Wildman–Crippen MR) is 116 cm³/mol. The van der Waals surface area contributed by atoms with Gasteiger partial charge in [-0.25, -0.2) is 0 Å². The normalized spacial score (nSPS) is 37.8. The number of allylic oxidation sites excluding steroid dienone is 1. The zero-order chi connectivity index (χ0) is 20.0. The van der Waals surface area contributed by atoms with Crippen LogP contribution in [0.15, 0.2) is 42.5 Å². The van der Waals surface area contributed by atoms with Crippen LogP contribution in [0.5, 0.6) is 0 Å². The Balaban J connectivity index is 1.23. The van der Waals surface area contributed by atoms with Crippen LogP contribution < -0.4 is 4.90 Å². The maximum Gasteiger partial charge on any atom is 0.310 e. The molecule has 5 atom stereocenters. The van der Waals surface area contributed by atoms with Crippen LogP contribution in [0.2, 0.25) is 0 Å². The van der Waals surface area contributed by atoms with Gasteiger partial charge in [-0.2, -0.15) is 0 Å². The molecule has 2 saturated heterocycles. The number of carbonyl (C=O) groups excluding carboxylic acids is 1. The van der Waals surface area contributed by atoms with E-state index in [4.69, 9.17) is 4.74 Å². The zero-order valence-corrected chi connectivity index (χ0v) is 17.7. The average Bonchev–Trinajstić information content (AvgIpc) is 3.01. The van der Waals surface area contributed by atoms with Gasteiger partial charge in [-0.3, -0.25) is 9.69 Å². The number of para-hydroxylation sites is 1. The van der Waals surface area contributed by atoms with Gasteiger partial charge in [0.25, 0.3) is 0 Å². The number of fused-ring (bicyclic) bond motifs is 2. The van der Waals surface area contributed by atoms with Crippen molar-refractivity contribution < 1.29 is 9.53 Å². The summed E-state index contributed by atoms with van der Waals surface area (Å²) in [5.41, 5.74) is 3.01. The molecule has 2 saturated carbocycles. The molecule has 1 aromatic carbocycles. The molecular formula is C25H34N2O2. The fourth-order valence-corrected chi connectivity index (χ4v) is 6.57. The number of anilines is 1. The van der Waals surface area contributed by atoms with Gasteiger partial charge in [0, 0.05) is 44.3 Å². The van der Waals surface area contributed by atoms with E-state index in [1.165, 1.54) is 30.5 Å². The fraction of sp³-hybridized carbons (Fsp3) is 0.640. The van der Waals surface area contributed by atoms with Gasteiger partial charge in [0.15, 0.2) is 0 Å². The molecule has 4 nitrogen and oxygen atoms in total. The minimum Gasteiger partial charge on any atom is -0.462 e. The second-order valence-electron chi connectivity index (χ2n) is 10.0. The van der Waals surface area contributed by atoms with Gasteiger partial charge in [0.1, 0.15) is 6.10 Å². The van der Waals surface area contributed by atoms with Crippen molar-refractivity contribution in [3.63, 3.8) is 0 Å². The van der Waals surface area contributed by atoms with Crippen LogP contribution in [-0.2, 0) is 9.53 Å². The molecule has 0 unspecified atom stereocenters. The summed E-state index contributed by atoms with van der Waals surface area (Å²) < 4.78 is 5.95. The third-order valence-corrected chi connectivity index (χ3v) is 8.27. The molecule has 4 heteroatoms.